The van der Waals surface area contributed by atoms with Crippen LogP contribution in [0.2, 0.25) is 0 Å². The summed E-state index contributed by atoms with van der Waals surface area (Å²) < 4.78 is 1.40. The molecule has 21 heavy (non-hydrogen) atoms. The number of rotatable bonds is 4. The summed E-state index contributed by atoms with van der Waals surface area (Å²) >= 11 is 0. The SMILES string of the molecule is CC(CC(C)(C)C)C(=O)Nc1ncnn1-c1ncccn1. The summed E-state index contributed by atoms with van der Waals surface area (Å²) in [6.45, 7) is 8.23. The molecule has 2 aromatic heterocycles. The fourth-order valence-corrected chi connectivity index (χ4v) is 2.12. The summed E-state index contributed by atoms with van der Waals surface area (Å²) in [5.41, 5.74) is 0.0902. The Morgan fingerprint density at radius 2 is 1.95 bits per heavy atom. The number of carbonyl (C=O) groups is 1. The molecular formula is C14H20N6O. The van der Waals surface area contributed by atoms with Crippen LogP contribution in [0.25, 0.3) is 5.95 Å². The fraction of sp³-hybridized carbons (Fsp3) is 0.500. The normalized spacial score (nSPS) is 13.0. The largest absolute Gasteiger partial charge is 0.294 e. The first-order valence-electron chi connectivity index (χ1n) is 6.85. The number of anilines is 1. The minimum absolute atomic E-state index is 0.0879. The van der Waals surface area contributed by atoms with Gasteiger partial charge in [-0.3, -0.25) is 10.1 Å². The standard InChI is InChI=1S/C14H20N6O/c1-10(8-14(2,3)4)11(21)19-13-17-9-18-20(13)12-15-6-5-7-16-12/h5-7,9-10H,8H2,1-4H3,(H,17,18,19,21). The Hall–Kier alpha value is -2.31. The maximum absolute atomic E-state index is 12.2. The van der Waals surface area contributed by atoms with Crippen LogP contribution in [0.5, 0.6) is 0 Å². The zero-order valence-corrected chi connectivity index (χ0v) is 12.7. The summed E-state index contributed by atoms with van der Waals surface area (Å²) in [6.07, 6.45) is 5.37. The fourth-order valence-electron chi connectivity index (χ4n) is 2.12. The third kappa shape index (κ3) is 4.08. The molecule has 0 saturated carbocycles. The van der Waals surface area contributed by atoms with E-state index in [2.05, 4.69) is 46.1 Å². The lowest BCUT2D eigenvalue weighted by Gasteiger charge is -2.22. The first kappa shape index (κ1) is 15.1. The van der Waals surface area contributed by atoms with Crippen LogP contribution in [0.4, 0.5) is 5.95 Å². The highest BCUT2D eigenvalue weighted by molar-refractivity contribution is 5.90. The molecule has 0 saturated heterocycles. The molecule has 2 heterocycles. The Morgan fingerprint density at radius 1 is 1.29 bits per heavy atom. The van der Waals surface area contributed by atoms with Gasteiger partial charge in [0.1, 0.15) is 6.33 Å². The Bertz CT molecular complexity index is 601. The minimum Gasteiger partial charge on any atom is -0.294 e. The number of hydrogen-bond acceptors (Lipinski definition) is 5. The molecule has 0 fully saturated rings. The molecule has 1 N–H and O–H groups in total. The van der Waals surface area contributed by atoms with E-state index >= 15 is 0 Å². The van der Waals surface area contributed by atoms with E-state index < -0.39 is 0 Å². The van der Waals surface area contributed by atoms with Crippen molar-refractivity contribution in [2.45, 2.75) is 34.1 Å². The van der Waals surface area contributed by atoms with E-state index in [9.17, 15) is 4.79 Å². The molecular weight excluding hydrogens is 268 g/mol. The topological polar surface area (TPSA) is 85.6 Å². The number of nitrogens with one attached hydrogen (secondary N) is 1. The van der Waals surface area contributed by atoms with Gasteiger partial charge in [0.25, 0.3) is 5.95 Å². The summed E-state index contributed by atoms with van der Waals surface area (Å²) in [4.78, 5) is 24.5. The number of hydrogen-bond donors (Lipinski definition) is 1. The van der Waals surface area contributed by atoms with Crippen LogP contribution < -0.4 is 5.32 Å². The van der Waals surface area contributed by atoms with Gasteiger partial charge in [0.15, 0.2) is 0 Å². The summed E-state index contributed by atoms with van der Waals surface area (Å²) in [5.74, 6) is 0.489. The molecule has 1 unspecified atom stereocenters. The molecule has 0 aliphatic heterocycles. The summed E-state index contributed by atoms with van der Waals surface area (Å²) in [6, 6.07) is 1.71. The highest BCUT2D eigenvalue weighted by Crippen LogP contribution is 2.24. The van der Waals surface area contributed by atoms with Crippen LogP contribution >= 0.6 is 0 Å². The van der Waals surface area contributed by atoms with Crippen LogP contribution in [-0.4, -0.2) is 30.6 Å². The monoisotopic (exact) mass is 288 g/mol. The van der Waals surface area contributed by atoms with Crippen LogP contribution in [-0.2, 0) is 4.79 Å². The third-order valence-electron chi connectivity index (χ3n) is 2.89. The van der Waals surface area contributed by atoms with Gasteiger partial charge in [-0.25, -0.2) is 9.97 Å². The van der Waals surface area contributed by atoms with Gasteiger partial charge in [-0.2, -0.15) is 14.8 Å². The van der Waals surface area contributed by atoms with Crippen LogP contribution in [0.3, 0.4) is 0 Å². The van der Waals surface area contributed by atoms with Crippen molar-refractivity contribution in [3.8, 4) is 5.95 Å². The lowest BCUT2D eigenvalue weighted by molar-refractivity contribution is -0.120. The minimum atomic E-state index is -0.119. The van der Waals surface area contributed by atoms with Gasteiger partial charge in [-0.05, 0) is 17.9 Å². The van der Waals surface area contributed by atoms with Crippen molar-refractivity contribution in [2.24, 2.45) is 11.3 Å². The van der Waals surface area contributed by atoms with E-state index in [-0.39, 0.29) is 17.2 Å². The molecule has 0 spiro atoms. The Balaban J connectivity index is 2.11. The number of nitrogens with zero attached hydrogens (tertiary/aromatic N) is 5. The molecule has 7 nitrogen and oxygen atoms in total. The van der Waals surface area contributed by atoms with Crippen LogP contribution in [0, 0.1) is 11.3 Å². The highest BCUT2D eigenvalue weighted by atomic mass is 16.2. The van der Waals surface area contributed by atoms with Crippen LogP contribution in [0.1, 0.15) is 34.1 Å². The Kier molecular flexibility index (Phi) is 4.30. The predicted octanol–water partition coefficient (Wildman–Crippen LogP) is 2.07. The molecule has 2 aromatic rings. The van der Waals surface area contributed by atoms with Gasteiger partial charge in [0, 0.05) is 18.3 Å². The van der Waals surface area contributed by atoms with E-state index in [4.69, 9.17) is 0 Å². The zero-order chi connectivity index (χ0) is 15.5. The molecule has 0 aliphatic carbocycles. The van der Waals surface area contributed by atoms with E-state index in [1.165, 1.54) is 11.0 Å². The average Bonchev–Trinajstić information content (AvgIpc) is 2.86. The van der Waals surface area contributed by atoms with Crippen molar-refractivity contribution in [3.63, 3.8) is 0 Å². The Labute approximate surface area is 123 Å². The van der Waals surface area contributed by atoms with Gasteiger partial charge in [-0.1, -0.05) is 27.7 Å². The van der Waals surface area contributed by atoms with Gasteiger partial charge in [0.2, 0.25) is 11.9 Å². The lowest BCUT2D eigenvalue weighted by atomic mass is 9.85. The average molecular weight is 288 g/mol. The number of amides is 1. The smallest absolute Gasteiger partial charge is 0.253 e. The highest BCUT2D eigenvalue weighted by Gasteiger charge is 2.22. The molecule has 1 amide bonds. The van der Waals surface area contributed by atoms with E-state index in [0.717, 1.165) is 6.42 Å². The molecule has 2 rings (SSSR count). The lowest BCUT2D eigenvalue weighted by Crippen LogP contribution is -2.26. The summed E-state index contributed by atoms with van der Waals surface area (Å²) in [7, 11) is 0. The van der Waals surface area contributed by atoms with Crippen molar-refractivity contribution in [3.05, 3.63) is 24.8 Å². The molecule has 7 heteroatoms. The molecule has 1 atom stereocenters. The second-order valence-corrected chi connectivity index (χ2v) is 6.20. The molecule has 112 valence electrons. The molecule has 0 aromatic carbocycles. The maximum Gasteiger partial charge on any atom is 0.253 e. The predicted molar refractivity (Wildman–Crippen MR) is 78.8 cm³/mol. The zero-order valence-electron chi connectivity index (χ0n) is 12.7. The van der Waals surface area contributed by atoms with E-state index in [1.807, 2.05) is 6.92 Å². The van der Waals surface area contributed by atoms with Gasteiger partial charge >= 0.3 is 0 Å². The van der Waals surface area contributed by atoms with Gasteiger partial charge in [0.05, 0.1) is 0 Å². The van der Waals surface area contributed by atoms with Crippen molar-refractivity contribution in [2.75, 3.05) is 5.32 Å². The third-order valence-corrected chi connectivity index (χ3v) is 2.89. The van der Waals surface area contributed by atoms with Crippen molar-refractivity contribution < 1.29 is 4.79 Å². The first-order chi connectivity index (χ1) is 9.87. The molecule has 0 bridgehead atoms. The van der Waals surface area contributed by atoms with Crippen LogP contribution in [0.15, 0.2) is 24.8 Å². The number of aromatic nitrogens is 5. The molecule has 0 aliphatic rings. The maximum atomic E-state index is 12.2. The van der Waals surface area contributed by atoms with Gasteiger partial charge < -0.3 is 0 Å². The summed E-state index contributed by atoms with van der Waals surface area (Å²) in [5, 5.41) is 6.82. The van der Waals surface area contributed by atoms with E-state index in [1.54, 1.807) is 18.5 Å². The van der Waals surface area contributed by atoms with Crippen molar-refractivity contribution in [1.82, 2.24) is 24.7 Å². The Morgan fingerprint density at radius 3 is 2.57 bits per heavy atom. The molecule has 0 radical (unpaired) electrons. The van der Waals surface area contributed by atoms with Crippen molar-refractivity contribution in [1.29, 1.82) is 0 Å². The van der Waals surface area contributed by atoms with E-state index in [0.29, 0.717) is 11.9 Å². The van der Waals surface area contributed by atoms with Gasteiger partial charge in [-0.15, -0.1) is 0 Å². The quantitative estimate of drug-likeness (QED) is 0.930. The number of carbonyl (C=O) groups excluding carboxylic acids is 1. The van der Waals surface area contributed by atoms with Crippen molar-refractivity contribution >= 4 is 11.9 Å². The second kappa shape index (κ2) is 5.99. The second-order valence-electron chi connectivity index (χ2n) is 6.20. The first-order valence-corrected chi connectivity index (χ1v) is 6.85.